The fourth-order valence-electron chi connectivity index (χ4n) is 5.27. The van der Waals surface area contributed by atoms with Gasteiger partial charge in [0.2, 0.25) is 0 Å². The van der Waals surface area contributed by atoms with E-state index in [-0.39, 0.29) is 23.7 Å². The topological polar surface area (TPSA) is 76.2 Å². The van der Waals surface area contributed by atoms with E-state index in [1.807, 2.05) is 35.8 Å². The highest BCUT2D eigenvalue weighted by Crippen LogP contribution is 2.42. The zero-order chi connectivity index (χ0) is 25.4. The van der Waals surface area contributed by atoms with Crippen LogP contribution in [0.25, 0.3) is 10.9 Å². The molecule has 0 spiro atoms. The third-order valence-electron chi connectivity index (χ3n) is 6.91. The average molecular weight is 547 g/mol. The molecule has 0 fully saturated rings. The summed E-state index contributed by atoms with van der Waals surface area (Å²) in [5, 5.41) is 4.40. The van der Waals surface area contributed by atoms with Gasteiger partial charge in [-0.1, -0.05) is 66.2 Å². The van der Waals surface area contributed by atoms with Crippen LogP contribution in [0.15, 0.2) is 76.0 Å². The molecule has 7 heteroatoms. The lowest BCUT2D eigenvalue weighted by molar-refractivity contribution is 0.308. The van der Waals surface area contributed by atoms with Crippen LogP contribution in [-0.2, 0) is 13.0 Å². The number of hydrogen-bond donors (Lipinski definition) is 2. The second-order valence-electron chi connectivity index (χ2n) is 9.86. The van der Waals surface area contributed by atoms with E-state index in [4.69, 9.17) is 10.7 Å². The summed E-state index contributed by atoms with van der Waals surface area (Å²) >= 11 is 3.62. The zero-order valence-electron chi connectivity index (χ0n) is 20.9. The first kappa shape index (κ1) is 24.5. The Bertz CT molecular complexity index is 1450. The minimum atomic E-state index is -0.174. The molecule has 3 N–H and O–H groups in total. The first-order valence-corrected chi connectivity index (χ1v) is 13.2. The highest BCUT2D eigenvalue weighted by molar-refractivity contribution is 9.10. The molecule has 0 saturated carbocycles. The maximum absolute atomic E-state index is 14.1. The lowest BCUT2D eigenvalue weighted by atomic mass is 9.98. The minimum absolute atomic E-state index is 0.0132. The molecule has 2 unspecified atom stereocenters. The van der Waals surface area contributed by atoms with Crippen LogP contribution in [0.2, 0.25) is 0 Å². The Morgan fingerprint density at radius 1 is 1.08 bits per heavy atom. The van der Waals surface area contributed by atoms with Gasteiger partial charge in [0, 0.05) is 17.4 Å². The molecule has 36 heavy (non-hydrogen) atoms. The largest absolute Gasteiger partial charge is 0.362 e. The molecule has 0 saturated heterocycles. The summed E-state index contributed by atoms with van der Waals surface area (Å²) in [4.78, 5) is 21.4. The molecule has 6 nitrogen and oxygen atoms in total. The maximum Gasteiger partial charge on any atom is 0.261 e. The van der Waals surface area contributed by atoms with E-state index in [1.165, 1.54) is 5.56 Å². The standard InChI is InChI=1S/C29H32BrN5O/c1-18(2)27(35-26(13-14-31)32-23-15-19(3)9-11-22(23)29(35)36)28-33-24-16-21(30)10-12-25(24)34(28)17-20-7-5-4-6-8-20/h4-12,15-16,18,27-28,33H,13-14,17,31H2,1-3H3. The van der Waals surface area contributed by atoms with Crippen molar-refractivity contribution in [1.29, 1.82) is 0 Å². The lowest BCUT2D eigenvalue weighted by Crippen LogP contribution is -2.48. The number of benzene rings is 3. The third kappa shape index (κ3) is 4.53. The highest BCUT2D eigenvalue weighted by atomic mass is 79.9. The van der Waals surface area contributed by atoms with Crippen LogP contribution < -0.4 is 21.5 Å². The van der Waals surface area contributed by atoms with E-state index in [1.54, 1.807) is 0 Å². The van der Waals surface area contributed by atoms with Crippen molar-refractivity contribution in [2.75, 3.05) is 16.8 Å². The Hall–Kier alpha value is -3.16. The van der Waals surface area contributed by atoms with Crippen LogP contribution in [-0.4, -0.2) is 22.3 Å². The second kappa shape index (κ2) is 10.1. The number of anilines is 2. The molecule has 1 aliphatic heterocycles. The Balaban J connectivity index is 1.68. The molecule has 2 atom stereocenters. The van der Waals surface area contributed by atoms with Crippen LogP contribution in [0.3, 0.4) is 0 Å². The molecule has 1 aromatic heterocycles. The van der Waals surface area contributed by atoms with Crippen LogP contribution >= 0.6 is 15.9 Å². The van der Waals surface area contributed by atoms with Crippen LogP contribution in [0.4, 0.5) is 11.4 Å². The van der Waals surface area contributed by atoms with Gasteiger partial charge in [0.1, 0.15) is 12.0 Å². The van der Waals surface area contributed by atoms with Crippen molar-refractivity contribution in [2.24, 2.45) is 11.7 Å². The van der Waals surface area contributed by atoms with Crippen LogP contribution in [0.5, 0.6) is 0 Å². The van der Waals surface area contributed by atoms with Crippen molar-refractivity contribution < 1.29 is 0 Å². The molecule has 0 aliphatic carbocycles. The number of aryl methyl sites for hydroxylation is 1. The van der Waals surface area contributed by atoms with Crippen molar-refractivity contribution in [3.63, 3.8) is 0 Å². The summed E-state index contributed by atoms with van der Waals surface area (Å²) in [7, 11) is 0. The SMILES string of the molecule is Cc1ccc2c(=O)n(C(C(C)C)C3Nc4cc(Br)ccc4N3Cc3ccccc3)c(CCN)nc2c1. The van der Waals surface area contributed by atoms with Crippen LogP contribution in [0.1, 0.15) is 36.8 Å². The van der Waals surface area contributed by atoms with Crippen LogP contribution in [0, 0.1) is 12.8 Å². The molecule has 186 valence electrons. The number of nitrogens with one attached hydrogen (secondary N) is 1. The molecule has 0 amide bonds. The van der Waals surface area contributed by atoms with Crippen molar-refractivity contribution in [3.8, 4) is 0 Å². The predicted molar refractivity (Wildman–Crippen MR) is 152 cm³/mol. The van der Waals surface area contributed by atoms with Gasteiger partial charge in [0.25, 0.3) is 5.56 Å². The first-order chi connectivity index (χ1) is 17.4. The van der Waals surface area contributed by atoms with E-state index in [2.05, 4.69) is 82.5 Å². The van der Waals surface area contributed by atoms with Gasteiger partial charge in [-0.25, -0.2) is 4.98 Å². The minimum Gasteiger partial charge on any atom is -0.362 e. The van der Waals surface area contributed by atoms with Gasteiger partial charge in [-0.3, -0.25) is 9.36 Å². The van der Waals surface area contributed by atoms with E-state index in [0.717, 1.165) is 39.3 Å². The van der Waals surface area contributed by atoms with Crippen molar-refractivity contribution >= 4 is 38.2 Å². The van der Waals surface area contributed by atoms with Gasteiger partial charge in [-0.15, -0.1) is 0 Å². The number of hydrogen-bond acceptors (Lipinski definition) is 5. The quantitative estimate of drug-likeness (QED) is 0.315. The van der Waals surface area contributed by atoms with Gasteiger partial charge in [-0.2, -0.15) is 0 Å². The number of halogens is 1. The van der Waals surface area contributed by atoms with Gasteiger partial charge in [-0.05, 0) is 60.8 Å². The van der Waals surface area contributed by atoms with Crippen molar-refractivity contribution in [1.82, 2.24) is 9.55 Å². The van der Waals surface area contributed by atoms with E-state index >= 15 is 0 Å². The monoisotopic (exact) mass is 545 g/mol. The van der Waals surface area contributed by atoms with Crippen molar-refractivity contribution in [2.45, 2.75) is 45.9 Å². The highest BCUT2D eigenvalue weighted by Gasteiger charge is 2.39. The summed E-state index contributed by atoms with van der Waals surface area (Å²) in [6, 6.07) is 22.4. The molecule has 0 bridgehead atoms. The normalized spacial score (nSPS) is 15.8. The Labute approximate surface area is 220 Å². The summed E-state index contributed by atoms with van der Waals surface area (Å²) in [5.41, 5.74) is 11.2. The number of nitrogens with two attached hydrogens (primary N) is 1. The van der Waals surface area contributed by atoms with Gasteiger partial charge >= 0.3 is 0 Å². The van der Waals surface area contributed by atoms with Crippen molar-refractivity contribution in [3.05, 3.63) is 98.5 Å². The fourth-order valence-corrected chi connectivity index (χ4v) is 5.63. The number of aromatic nitrogens is 2. The molecule has 3 aromatic carbocycles. The first-order valence-electron chi connectivity index (χ1n) is 12.5. The Morgan fingerprint density at radius 2 is 1.86 bits per heavy atom. The summed E-state index contributed by atoms with van der Waals surface area (Å²) in [6.07, 6.45) is 0.389. The average Bonchev–Trinajstić information content (AvgIpc) is 3.18. The molecular formula is C29H32BrN5O. The summed E-state index contributed by atoms with van der Waals surface area (Å²) < 4.78 is 2.92. The number of fused-ring (bicyclic) bond motifs is 2. The molecule has 4 aromatic rings. The molecule has 0 radical (unpaired) electrons. The number of rotatable bonds is 7. The second-order valence-corrected chi connectivity index (χ2v) is 10.8. The van der Waals surface area contributed by atoms with E-state index < -0.39 is 0 Å². The lowest BCUT2D eigenvalue weighted by Gasteiger charge is -2.37. The van der Waals surface area contributed by atoms with Gasteiger partial charge in [0.15, 0.2) is 0 Å². The van der Waals surface area contributed by atoms with Gasteiger partial charge in [0.05, 0.1) is 28.3 Å². The Morgan fingerprint density at radius 3 is 2.58 bits per heavy atom. The maximum atomic E-state index is 14.1. The zero-order valence-corrected chi connectivity index (χ0v) is 22.5. The smallest absolute Gasteiger partial charge is 0.261 e. The molecule has 5 rings (SSSR count). The number of nitrogens with zero attached hydrogens (tertiary/aromatic N) is 3. The summed E-state index contributed by atoms with van der Waals surface area (Å²) in [6.45, 7) is 7.50. The molecular weight excluding hydrogens is 514 g/mol. The Kier molecular flexibility index (Phi) is 6.86. The summed E-state index contributed by atoms with van der Waals surface area (Å²) in [5.74, 6) is 0.885. The third-order valence-corrected chi connectivity index (χ3v) is 7.40. The molecule has 1 aliphatic rings. The van der Waals surface area contributed by atoms with E-state index in [0.29, 0.717) is 18.4 Å². The van der Waals surface area contributed by atoms with Gasteiger partial charge < -0.3 is 16.0 Å². The molecule has 2 heterocycles. The predicted octanol–water partition coefficient (Wildman–Crippen LogP) is 5.62. The van der Waals surface area contributed by atoms with E-state index in [9.17, 15) is 4.79 Å². The fraction of sp³-hybridized carbons (Fsp3) is 0.310.